The predicted molar refractivity (Wildman–Crippen MR) is 64.7 cm³/mol. The highest BCUT2D eigenvalue weighted by Crippen LogP contribution is 2.37. The average molecular weight is 238 g/mol. The van der Waals surface area contributed by atoms with Gasteiger partial charge >= 0.3 is 0 Å². The van der Waals surface area contributed by atoms with Gasteiger partial charge in [-0.2, -0.15) is 4.98 Å². The number of aromatic nitrogens is 2. The Labute approximate surface area is 102 Å². The predicted octanol–water partition coefficient (Wildman–Crippen LogP) is 2.46. The van der Waals surface area contributed by atoms with Crippen LogP contribution in [-0.4, -0.2) is 20.8 Å². The fourth-order valence-electron chi connectivity index (χ4n) is 2.39. The summed E-state index contributed by atoms with van der Waals surface area (Å²) in [6, 6.07) is 0. The molecule has 1 fully saturated rings. The van der Waals surface area contributed by atoms with Crippen molar-refractivity contribution in [1.82, 2.24) is 10.1 Å². The molecule has 1 N–H and O–H groups in total. The molecule has 0 spiro atoms. The Balaban J connectivity index is 2.12. The second-order valence-electron chi connectivity index (χ2n) is 6.34. The Hall–Kier alpha value is -0.900. The van der Waals surface area contributed by atoms with E-state index in [2.05, 4.69) is 37.8 Å². The lowest BCUT2D eigenvalue weighted by molar-refractivity contribution is 0.00291. The fourth-order valence-corrected chi connectivity index (χ4v) is 2.39. The number of hydrogen-bond acceptors (Lipinski definition) is 4. The van der Waals surface area contributed by atoms with Gasteiger partial charge in [0.2, 0.25) is 5.89 Å². The monoisotopic (exact) mass is 238 g/mol. The quantitative estimate of drug-likeness (QED) is 0.859. The third-order valence-corrected chi connectivity index (χ3v) is 3.76. The Morgan fingerprint density at radius 2 is 2.18 bits per heavy atom. The first-order chi connectivity index (χ1) is 7.81. The van der Waals surface area contributed by atoms with Gasteiger partial charge in [0.25, 0.3) is 0 Å². The molecule has 0 radical (unpaired) electrons. The van der Waals surface area contributed by atoms with Crippen LogP contribution in [0.1, 0.15) is 58.7 Å². The van der Waals surface area contributed by atoms with E-state index in [9.17, 15) is 5.11 Å². The summed E-state index contributed by atoms with van der Waals surface area (Å²) in [6.45, 7) is 8.24. The molecule has 96 valence electrons. The molecule has 1 aromatic heterocycles. The van der Waals surface area contributed by atoms with E-state index >= 15 is 0 Å². The van der Waals surface area contributed by atoms with Crippen LogP contribution in [0.2, 0.25) is 0 Å². The maximum atomic E-state index is 10.5. The van der Waals surface area contributed by atoms with Crippen LogP contribution >= 0.6 is 0 Å². The number of hydrogen-bond donors (Lipinski definition) is 1. The zero-order valence-electron chi connectivity index (χ0n) is 11.2. The minimum Gasteiger partial charge on any atom is -0.389 e. The summed E-state index contributed by atoms with van der Waals surface area (Å²) in [7, 11) is 0. The van der Waals surface area contributed by atoms with E-state index in [1.54, 1.807) is 0 Å². The van der Waals surface area contributed by atoms with E-state index in [1.165, 1.54) is 0 Å². The van der Waals surface area contributed by atoms with Crippen molar-refractivity contribution in [3.8, 4) is 0 Å². The first-order valence-corrected chi connectivity index (χ1v) is 6.37. The Morgan fingerprint density at radius 1 is 1.47 bits per heavy atom. The zero-order chi connectivity index (χ0) is 12.7. The Bertz CT molecular complexity index is 394. The molecule has 0 aliphatic heterocycles. The number of nitrogens with zero attached hydrogens (tertiary/aromatic N) is 2. The summed E-state index contributed by atoms with van der Waals surface area (Å²) >= 11 is 0. The van der Waals surface area contributed by atoms with Crippen molar-refractivity contribution in [2.45, 2.75) is 64.4 Å². The minimum absolute atomic E-state index is 0.105. The molecule has 2 atom stereocenters. The van der Waals surface area contributed by atoms with E-state index in [0.29, 0.717) is 24.1 Å². The van der Waals surface area contributed by atoms with Gasteiger partial charge in [-0.15, -0.1) is 0 Å². The summed E-state index contributed by atoms with van der Waals surface area (Å²) in [5.74, 6) is 1.58. The summed E-state index contributed by atoms with van der Waals surface area (Å²) < 4.78 is 5.25. The van der Waals surface area contributed by atoms with Crippen LogP contribution < -0.4 is 0 Å². The molecule has 4 heteroatoms. The molecule has 2 rings (SSSR count). The van der Waals surface area contributed by atoms with Crippen LogP contribution in [0, 0.1) is 5.92 Å². The van der Waals surface area contributed by atoms with Crippen LogP contribution in [-0.2, 0) is 11.8 Å². The molecule has 4 nitrogen and oxygen atoms in total. The zero-order valence-corrected chi connectivity index (χ0v) is 11.2. The van der Waals surface area contributed by atoms with E-state index < -0.39 is 5.60 Å². The van der Waals surface area contributed by atoms with Crippen molar-refractivity contribution < 1.29 is 9.63 Å². The topological polar surface area (TPSA) is 59.2 Å². The summed E-state index contributed by atoms with van der Waals surface area (Å²) in [5.41, 5.74) is -0.757. The highest BCUT2D eigenvalue weighted by atomic mass is 16.5. The molecular formula is C13H22N2O2. The van der Waals surface area contributed by atoms with Crippen LogP contribution in [0.25, 0.3) is 0 Å². The van der Waals surface area contributed by atoms with Gasteiger partial charge in [0, 0.05) is 5.41 Å². The van der Waals surface area contributed by atoms with Crippen LogP contribution in [0.15, 0.2) is 4.52 Å². The molecule has 1 aliphatic carbocycles. The standard InChI is InChI=1S/C13H22N2O2/c1-9-6-5-7-13(9,16)8-10-14-11(15-17-10)12(2,3)4/h9,16H,5-8H2,1-4H3/t9-,13+/m1/s1. The van der Waals surface area contributed by atoms with E-state index in [4.69, 9.17) is 4.52 Å². The van der Waals surface area contributed by atoms with Gasteiger partial charge in [0.05, 0.1) is 12.0 Å². The molecule has 17 heavy (non-hydrogen) atoms. The third-order valence-electron chi connectivity index (χ3n) is 3.76. The fraction of sp³-hybridized carbons (Fsp3) is 0.846. The SMILES string of the molecule is C[C@@H]1CCC[C@]1(O)Cc1nc(C(C)(C)C)no1. The van der Waals surface area contributed by atoms with Gasteiger partial charge in [-0.05, 0) is 18.8 Å². The molecule has 1 heterocycles. The molecule has 0 unspecified atom stereocenters. The molecule has 0 bridgehead atoms. The van der Waals surface area contributed by atoms with Crippen molar-refractivity contribution in [1.29, 1.82) is 0 Å². The molecule has 1 aliphatic rings. The van der Waals surface area contributed by atoms with Crippen molar-refractivity contribution >= 4 is 0 Å². The van der Waals surface area contributed by atoms with E-state index in [0.717, 1.165) is 19.3 Å². The lowest BCUT2D eigenvalue weighted by atomic mass is 9.89. The van der Waals surface area contributed by atoms with Gasteiger partial charge in [0.1, 0.15) is 0 Å². The van der Waals surface area contributed by atoms with Crippen molar-refractivity contribution in [3.63, 3.8) is 0 Å². The average Bonchev–Trinajstić information content (AvgIpc) is 2.75. The lowest BCUT2D eigenvalue weighted by Gasteiger charge is -2.25. The van der Waals surface area contributed by atoms with E-state index in [-0.39, 0.29) is 5.41 Å². The summed E-state index contributed by atoms with van der Waals surface area (Å²) in [4.78, 5) is 4.39. The second kappa shape index (κ2) is 4.09. The Kier molecular flexibility index (Phi) is 3.02. The minimum atomic E-state index is -0.651. The molecule has 1 saturated carbocycles. The second-order valence-corrected chi connectivity index (χ2v) is 6.34. The maximum absolute atomic E-state index is 10.5. The molecule has 0 amide bonds. The molecule has 0 aromatic carbocycles. The third kappa shape index (κ3) is 2.51. The van der Waals surface area contributed by atoms with Gasteiger partial charge < -0.3 is 9.63 Å². The maximum Gasteiger partial charge on any atom is 0.229 e. The molecule has 0 saturated heterocycles. The summed E-state index contributed by atoms with van der Waals surface area (Å²) in [6.07, 6.45) is 3.48. The highest BCUT2D eigenvalue weighted by molar-refractivity contribution is 5.03. The van der Waals surface area contributed by atoms with Crippen LogP contribution in [0.4, 0.5) is 0 Å². The van der Waals surface area contributed by atoms with Crippen molar-refractivity contribution in [2.75, 3.05) is 0 Å². The number of rotatable bonds is 2. The summed E-state index contributed by atoms with van der Waals surface area (Å²) in [5, 5.41) is 14.5. The Morgan fingerprint density at radius 3 is 2.65 bits per heavy atom. The van der Waals surface area contributed by atoms with Gasteiger partial charge in [0.15, 0.2) is 5.82 Å². The van der Waals surface area contributed by atoms with Crippen molar-refractivity contribution in [2.24, 2.45) is 5.92 Å². The smallest absolute Gasteiger partial charge is 0.229 e. The van der Waals surface area contributed by atoms with E-state index in [1.807, 2.05) is 0 Å². The largest absolute Gasteiger partial charge is 0.389 e. The first-order valence-electron chi connectivity index (χ1n) is 6.37. The normalized spacial score (nSPS) is 29.8. The van der Waals surface area contributed by atoms with Crippen LogP contribution in [0.3, 0.4) is 0 Å². The van der Waals surface area contributed by atoms with Crippen molar-refractivity contribution in [3.05, 3.63) is 11.7 Å². The molecular weight excluding hydrogens is 216 g/mol. The number of aliphatic hydroxyl groups is 1. The van der Waals surface area contributed by atoms with Gasteiger partial charge in [-0.25, -0.2) is 0 Å². The van der Waals surface area contributed by atoms with Crippen LogP contribution in [0.5, 0.6) is 0 Å². The van der Waals surface area contributed by atoms with Gasteiger partial charge in [-0.3, -0.25) is 0 Å². The first kappa shape index (κ1) is 12.6. The van der Waals surface area contributed by atoms with Gasteiger partial charge in [-0.1, -0.05) is 39.3 Å². The molecule has 1 aromatic rings. The highest BCUT2D eigenvalue weighted by Gasteiger charge is 2.40. The lowest BCUT2D eigenvalue weighted by Crippen LogP contribution is -2.34.